The molecule has 0 heterocycles. The molecule has 0 radical (unpaired) electrons. The number of halogens is 4. The van der Waals surface area contributed by atoms with Crippen LogP contribution in [0, 0.1) is 48.0 Å². The summed E-state index contributed by atoms with van der Waals surface area (Å²) < 4.78 is 86.8. The highest BCUT2D eigenvalue weighted by atomic mass is 32.2. The number of aryl methyl sites for hydroxylation is 1. The zero-order valence-corrected chi connectivity index (χ0v) is 17.8. The topological polar surface area (TPSA) is 72.5 Å². The molecule has 1 amide bonds. The van der Waals surface area contributed by atoms with Gasteiger partial charge in [0.1, 0.15) is 10.5 Å². The molecular formula is C22H19F4NO4S. The van der Waals surface area contributed by atoms with Gasteiger partial charge in [-0.1, -0.05) is 17.7 Å². The van der Waals surface area contributed by atoms with E-state index in [1.54, 1.807) is 6.92 Å². The Morgan fingerprint density at radius 3 is 2.06 bits per heavy atom. The van der Waals surface area contributed by atoms with Crippen molar-refractivity contribution in [2.45, 2.75) is 37.5 Å². The van der Waals surface area contributed by atoms with Gasteiger partial charge in [0.15, 0.2) is 11.6 Å². The summed E-state index contributed by atoms with van der Waals surface area (Å²) in [6.07, 6.45) is 2.53. The molecule has 0 unspecified atom stereocenters. The van der Waals surface area contributed by atoms with Gasteiger partial charge in [0.25, 0.3) is 5.91 Å². The maximum absolute atomic E-state index is 14.5. The Morgan fingerprint density at radius 1 is 1.00 bits per heavy atom. The third kappa shape index (κ3) is 5.05. The summed E-state index contributed by atoms with van der Waals surface area (Å²) in [7, 11) is -4.80. The summed E-state index contributed by atoms with van der Waals surface area (Å²) in [4.78, 5) is 11.8. The van der Waals surface area contributed by atoms with Gasteiger partial charge in [0, 0.05) is 19.4 Å². The molecule has 2 aromatic rings. The van der Waals surface area contributed by atoms with Gasteiger partial charge in [-0.05, 0) is 37.8 Å². The zero-order chi connectivity index (χ0) is 23.5. The summed E-state index contributed by atoms with van der Waals surface area (Å²) in [5.74, 6) is -5.71. The van der Waals surface area contributed by atoms with Gasteiger partial charge in [-0.2, -0.15) is 17.2 Å². The highest BCUT2D eigenvalue weighted by molar-refractivity contribution is 7.87. The summed E-state index contributed by atoms with van der Waals surface area (Å²) in [6.45, 7) is 1.71. The largest absolute Gasteiger partial charge is 0.372 e. The first kappa shape index (κ1) is 23.6. The maximum atomic E-state index is 14.5. The van der Waals surface area contributed by atoms with Crippen LogP contribution in [-0.4, -0.2) is 20.9 Å². The highest BCUT2D eigenvalue weighted by Crippen LogP contribution is 2.32. The summed E-state index contributed by atoms with van der Waals surface area (Å²) >= 11 is 0. The minimum absolute atomic E-state index is 0.0236. The molecule has 0 fully saturated rings. The van der Waals surface area contributed by atoms with Crippen molar-refractivity contribution in [3.05, 3.63) is 58.7 Å². The SMILES string of the molecule is Cc1ccc(S(=O)(=O)Oc2c(F)c(F)c(C(=O)NCC3CCC#CCC3)c(F)c2F)cc1. The van der Waals surface area contributed by atoms with E-state index in [4.69, 9.17) is 0 Å². The number of hydrogen-bond donors (Lipinski definition) is 1. The number of nitrogens with one attached hydrogen (secondary N) is 1. The van der Waals surface area contributed by atoms with Gasteiger partial charge in [-0.3, -0.25) is 4.79 Å². The first-order valence-electron chi connectivity index (χ1n) is 9.73. The predicted octanol–water partition coefficient (Wildman–Crippen LogP) is 4.24. The monoisotopic (exact) mass is 469 g/mol. The molecule has 3 rings (SSSR count). The van der Waals surface area contributed by atoms with Crippen LogP contribution >= 0.6 is 0 Å². The lowest BCUT2D eigenvalue weighted by atomic mass is 9.99. The Balaban J connectivity index is 1.85. The lowest BCUT2D eigenvalue weighted by molar-refractivity contribution is 0.0934. The standard InChI is InChI=1S/C22H19F4NO4S/c1-13-8-10-15(11-9-13)32(29,30)31-21-19(25)17(23)16(18(24)20(21)26)22(28)27-12-14-6-4-2-3-5-7-14/h8-11,14H,4-7,12H2,1H3,(H,27,28). The van der Waals surface area contributed by atoms with Crippen LogP contribution in [-0.2, 0) is 10.1 Å². The van der Waals surface area contributed by atoms with Crippen molar-refractivity contribution >= 4 is 16.0 Å². The van der Waals surface area contributed by atoms with Crippen LogP contribution in [0.25, 0.3) is 0 Å². The van der Waals surface area contributed by atoms with E-state index < -0.39 is 55.5 Å². The van der Waals surface area contributed by atoms with Crippen LogP contribution in [0.1, 0.15) is 41.6 Å². The average Bonchev–Trinajstić information content (AvgIpc) is 3.03. The number of benzene rings is 2. The van der Waals surface area contributed by atoms with Crippen molar-refractivity contribution in [3.63, 3.8) is 0 Å². The number of hydrogen-bond acceptors (Lipinski definition) is 4. The van der Waals surface area contributed by atoms with E-state index in [0.717, 1.165) is 12.1 Å². The minimum Gasteiger partial charge on any atom is -0.372 e. The zero-order valence-electron chi connectivity index (χ0n) is 17.0. The van der Waals surface area contributed by atoms with Gasteiger partial charge in [0.05, 0.1) is 0 Å². The smallest absolute Gasteiger partial charge is 0.339 e. The van der Waals surface area contributed by atoms with E-state index in [9.17, 15) is 30.8 Å². The van der Waals surface area contributed by atoms with Crippen LogP contribution in [0.15, 0.2) is 29.2 Å². The van der Waals surface area contributed by atoms with E-state index >= 15 is 0 Å². The van der Waals surface area contributed by atoms with Crippen molar-refractivity contribution in [2.24, 2.45) is 5.92 Å². The summed E-state index contributed by atoms with van der Waals surface area (Å²) in [5.41, 5.74) is -0.796. The van der Waals surface area contributed by atoms with Crippen molar-refractivity contribution in [3.8, 4) is 17.6 Å². The molecule has 2 aromatic carbocycles. The average molecular weight is 469 g/mol. The third-order valence-corrected chi connectivity index (χ3v) is 6.22. The second kappa shape index (κ2) is 9.61. The summed E-state index contributed by atoms with van der Waals surface area (Å²) in [5, 5.41) is 2.26. The Hall–Kier alpha value is -3.06. The fraction of sp³-hybridized carbons (Fsp3) is 0.318. The second-order valence-electron chi connectivity index (χ2n) is 7.32. The lowest BCUT2D eigenvalue weighted by Gasteiger charge is -2.16. The number of carbonyl (C=O) groups is 1. The van der Waals surface area contributed by atoms with Crippen LogP contribution in [0.5, 0.6) is 5.75 Å². The predicted molar refractivity (Wildman–Crippen MR) is 107 cm³/mol. The molecule has 0 bridgehead atoms. The van der Waals surface area contributed by atoms with Crippen molar-refractivity contribution < 1.29 is 35.0 Å². The lowest BCUT2D eigenvalue weighted by Crippen LogP contribution is -2.31. The molecule has 170 valence electrons. The van der Waals surface area contributed by atoms with Crippen molar-refractivity contribution in [2.75, 3.05) is 6.54 Å². The van der Waals surface area contributed by atoms with E-state index in [1.807, 2.05) is 0 Å². The van der Waals surface area contributed by atoms with Crippen LogP contribution in [0.4, 0.5) is 17.6 Å². The van der Waals surface area contributed by atoms with E-state index in [0.29, 0.717) is 31.2 Å². The molecule has 1 aliphatic carbocycles. The maximum Gasteiger partial charge on any atom is 0.339 e. The fourth-order valence-electron chi connectivity index (χ4n) is 3.15. The molecule has 0 saturated heterocycles. The van der Waals surface area contributed by atoms with Crippen LogP contribution in [0.3, 0.4) is 0 Å². The van der Waals surface area contributed by atoms with Gasteiger partial charge in [-0.15, -0.1) is 11.8 Å². The molecule has 0 atom stereocenters. The Morgan fingerprint density at radius 2 is 1.53 bits per heavy atom. The van der Waals surface area contributed by atoms with Gasteiger partial charge < -0.3 is 9.50 Å². The Bertz CT molecular complexity index is 1160. The molecule has 0 saturated carbocycles. The first-order valence-corrected chi connectivity index (χ1v) is 11.1. The van der Waals surface area contributed by atoms with Crippen LogP contribution in [0.2, 0.25) is 0 Å². The Labute approximate surface area is 182 Å². The van der Waals surface area contributed by atoms with Gasteiger partial charge in [-0.25, -0.2) is 8.78 Å². The number of carbonyl (C=O) groups excluding carboxylic acids is 1. The van der Waals surface area contributed by atoms with Crippen LogP contribution < -0.4 is 9.50 Å². The molecule has 1 N–H and O–H groups in total. The molecular weight excluding hydrogens is 450 g/mol. The van der Waals surface area contributed by atoms with Gasteiger partial charge in [0.2, 0.25) is 17.4 Å². The van der Waals surface area contributed by atoms with Crippen molar-refractivity contribution in [1.29, 1.82) is 0 Å². The van der Waals surface area contributed by atoms with E-state index in [2.05, 4.69) is 21.3 Å². The molecule has 0 aromatic heterocycles. The summed E-state index contributed by atoms with van der Waals surface area (Å²) in [6, 6.07) is 5.01. The number of amides is 1. The second-order valence-corrected chi connectivity index (χ2v) is 8.86. The highest BCUT2D eigenvalue weighted by Gasteiger charge is 2.33. The third-order valence-electron chi connectivity index (χ3n) is 4.98. The van der Waals surface area contributed by atoms with Crippen molar-refractivity contribution in [1.82, 2.24) is 5.32 Å². The molecule has 32 heavy (non-hydrogen) atoms. The Kier molecular flexibility index (Phi) is 7.09. The normalized spacial score (nSPS) is 14.3. The molecule has 1 aliphatic rings. The van der Waals surface area contributed by atoms with E-state index in [-0.39, 0.29) is 12.5 Å². The number of rotatable bonds is 6. The fourth-order valence-corrected chi connectivity index (χ4v) is 4.08. The molecule has 5 nitrogen and oxygen atoms in total. The first-order chi connectivity index (χ1) is 15.1. The molecule has 0 aliphatic heterocycles. The van der Waals surface area contributed by atoms with Gasteiger partial charge >= 0.3 is 10.1 Å². The molecule has 10 heteroatoms. The quantitative estimate of drug-likeness (QED) is 0.297. The van der Waals surface area contributed by atoms with E-state index in [1.165, 1.54) is 12.1 Å². The minimum atomic E-state index is -4.80. The molecule has 0 spiro atoms.